The number of fused-ring (bicyclic) bond motifs is 1. The van der Waals surface area contributed by atoms with Gasteiger partial charge in [-0.2, -0.15) is 5.10 Å². The number of rotatable bonds is 7. The van der Waals surface area contributed by atoms with Gasteiger partial charge in [0.2, 0.25) is 5.91 Å². The van der Waals surface area contributed by atoms with Crippen molar-refractivity contribution >= 4 is 27.5 Å². The summed E-state index contributed by atoms with van der Waals surface area (Å²) in [7, 11) is 0. The zero-order chi connectivity index (χ0) is 20.1. The second kappa shape index (κ2) is 8.95. The molecule has 8 nitrogen and oxygen atoms in total. The number of ether oxygens (including phenoxy) is 3. The lowest BCUT2D eigenvalue weighted by molar-refractivity contribution is -0.115. The normalized spacial score (nSPS) is 12.4. The lowest BCUT2D eigenvalue weighted by atomic mass is 10.1. The van der Waals surface area contributed by atoms with E-state index in [4.69, 9.17) is 14.2 Å². The summed E-state index contributed by atoms with van der Waals surface area (Å²) in [5, 5.41) is 6.93. The third-order valence-corrected chi connectivity index (χ3v) is 4.97. The topological polar surface area (TPSA) is 87.5 Å². The molecule has 1 aromatic heterocycles. The fourth-order valence-corrected chi connectivity index (χ4v) is 3.35. The molecule has 1 N–H and O–H groups in total. The minimum absolute atomic E-state index is 0.137. The molecule has 29 heavy (non-hydrogen) atoms. The predicted octanol–water partition coefficient (Wildman–Crippen LogP) is 3.07. The van der Waals surface area contributed by atoms with Gasteiger partial charge >= 0.3 is 0 Å². The Hall–Kier alpha value is -3.07. The molecule has 0 spiro atoms. The number of nitrogens with zero attached hydrogens (tertiary/aromatic N) is 3. The minimum atomic E-state index is -0.137. The quantitative estimate of drug-likeness (QED) is 0.585. The zero-order valence-corrected chi connectivity index (χ0v) is 17.1. The van der Waals surface area contributed by atoms with Gasteiger partial charge in [-0.05, 0) is 29.8 Å². The third-order valence-electron chi connectivity index (χ3n) is 4.24. The highest BCUT2D eigenvalue weighted by Gasteiger charge is 2.16. The van der Waals surface area contributed by atoms with Crippen molar-refractivity contribution in [3.05, 3.63) is 59.1 Å². The molecule has 0 aliphatic carbocycles. The van der Waals surface area contributed by atoms with Crippen molar-refractivity contribution in [1.29, 1.82) is 0 Å². The number of hydrogen-bond donors (Lipinski definition) is 1. The SMILES string of the molecule is O=C(Cc1cc2c(cc1Br)OCCO2)Nc1cccc(OCCn2cncn2)c1. The second-order valence-electron chi connectivity index (χ2n) is 6.35. The van der Waals surface area contributed by atoms with Gasteiger partial charge < -0.3 is 19.5 Å². The summed E-state index contributed by atoms with van der Waals surface area (Å²) in [5.41, 5.74) is 1.49. The van der Waals surface area contributed by atoms with Crippen LogP contribution in [0.4, 0.5) is 5.69 Å². The zero-order valence-electron chi connectivity index (χ0n) is 15.5. The number of halogens is 1. The molecule has 4 rings (SSSR count). The summed E-state index contributed by atoms with van der Waals surface area (Å²) in [6.45, 7) is 2.07. The summed E-state index contributed by atoms with van der Waals surface area (Å²) in [5.74, 6) is 1.87. The number of hydrogen-bond acceptors (Lipinski definition) is 6. The lowest BCUT2D eigenvalue weighted by Gasteiger charge is -2.19. The molecule has 2 heterocycles. The van der Waals surface area contributed by atoms with Crippen molar-refractivity contribution < 1.29 is 19.0 Å². The van der Waals surface area contributed by atoms with Gasteiger partial charge in [0.1, 0.15) is 38.2 Å². The Labute approximate surface area is 175 Å². The highest BCUT2D eigenvalue weighted by Crippen LogP contribution is 2.35. The average molecular weight is 459 g/mol. The number of amides is 1. The van der Waals surface area contributed by atoms with Crippen molar-refractivity contribution in [3.63, 3.8) is 0 Å². The van der Waals surface area contributed by atoms with Crippen LogP contribution in [0.15, 0.2) is 53.5 Å². The van der Waals surface area contributed by atoms with Gasteiger partial charge in [0.15, 0.2) is 11.5 Å². The van der Waals surface area contributed by atoms with E-state index in [0.29, 0.717) is 49.3 Å². The highest BCUT2D eigenvalue weighted by molar-refractivity contribution is 9.10. The molecule has 0 bridgehead atoms. The molecular weight excluding hydrogens is 440 g/mol. The maximum Gasteiger partial charge on any atom is 0.228 e. The van der Waals surface area contributed by atoms with Crippen LogP contribution < -0.4 is 19.5 Å². The molecule has 0 unspecified atom stereocenters. The smallest absolute Gasteiger partial charge is 0.228 e. The first-order valence-electron chi connectivity index (χ1n) is 9.10. The Bertz CT molecular complexity index is 994. The van der Waals surface area contributed by atoms with Crippen LogP contribution in [-0.2, 0) is 17.8 Å². The summed E-state index contributed by atoms with van der Waals surface area (Å²) >= 11 is 3.50. The second-order valence-corrected chi connectivity index (χ2v) is 7.20. The average Bonchev–Trinajstić information content (AvgIpc) is 3.22. The Morgan fingerprint density at radius 2 is 2.03 bits per heavy atom. The van der Waals surface area contributed by atoms with Crippen molar-refractivity contribution in [2.75, 3.05) is 25.1 Å². The highest BCUT2D eigenvalue weighted by atomic mass is 79.9. The van der Waals surface area contributed by atoms with Crippen LogP contribution in [0.2, 0.25) is 0 Å². The number of nitrogens with one attached hydrogen (secondary N) is 1. The van der Waals surface area contributed by atoms with E-state index in [1.165, 1.54) is 6.33 Å². The van der Waals surface area contributed by atoms with Crippen LogP contribution in [0, 0.1) is 0 Å². The molecule has 1 aliphatic rings. The number of carbonyl (C=O) groups excluding carboxylic acids is 1. The Kier molecular flexibility index (Phi) is 5.95. The van der Waals surface area contributed by atoms with E-state index < -0.39 is 0 Å². The molecule has 9 heteroatoms. The molecule has 0 saturated carbocycles. The molecule has 0 saturated heterocycles. The van der Waals surface area contributed by atoms with Crippen molar-refractivity contribution in [2.45, 2.75) is 13.0 Å². The maximum atomic E-state index is 12.5. The first-order valence-corrected chi connectivity index (χ1v) is 9.90. The molecule has 3 aromatic rings. The number of carbonyl (C=O) groups is 1. The van der Waals surface area contributed by atoms with E-state index in [0.717, 1.165) is 10.0 Å². The molecule has 0 fully saturated rings. The van der Waals surface area contributed by atoms with Crippen LogP contribution in [0.1, 0.15) is 5.56 Å². The summed E-state index contributed by atoms with van der Waals surface area (Å²) in [6.07, 6.45) is 3.32. The molecular formula is C20H19BrN4O4. The minimum Gasteiger partial charge on any atom is -0.492 e. The maximum absolute atomic E-state index is 12.5. The van der Waals surface area contributed by atoms with Gasteiger partial charge in [-0.3, -0.25) is 4.79 Å². The molecule has 0 radical (unpaired) electrons. The van der Waals surface area contributed by atoms with E-state index in [9.17, 15) is 4.79 Å². The fourth-order valence-electron chi connectivity index (χ4n) is 2.89. The standard InChI is InChI=1S/C20H19BrN4O4/c21-17-11-19-18(28-6-7-29-19)8-14(17)9-20(26)24-15-2-1-3-16(10-15)27-5-4-25-13-22-12-23-25/h1-3,8,10-13H,4-7,9H2,(H,24,26). The lowest BCUT2D eigenvalue weighted by Crippen LogP contribution is -2.17. The summed E-state index contributed by atoms with van der Waals surface area (Å²) in [4.78, 5) is 16.4. The fraction of sp³-hybridized carbons (Fsp3) is 0.250. The molecule has 150 valence electrons. The van der Waals surface area contributed by atoms with Gasteiger partial charge in [0, 0.05) is 16.2 Å². The summed E-state index contributed by atoms with van der Waals surface area (Å²) < 4.78 is 19.4. The number of benzene rings is 2. The van der Waals surface area contributed by atoms with Gasteiger partial charge in [0.25, 0.3) is 0 Å². The molecule has 2 aromatic carbocycles. The van der Waals surface area contributed by atoms with Crippen LogP contribution in [0.3, 0.4) is 0 Å². The van der Waals surface area contributed by atoms with E-state index in [2.05, 4.69) is 31.3 Å². The van der Waals surface area contributed by atoms with Gasteiger partial charge in [0.05, 0.1) is 13.0 Å². The predicted molar refractivity (Wildman–Crippen MR) is 109 cm³/mol. The largest absolute Gasteiger partial charge is 0.492 e. The Morgan fingerprint density at radius 3 is 2.83 bits per heavy atom. The van der Waals surface area contributed by atoms with Crippen molar-refractivity contribution in [3.8, 4) is 17.2 Å². The van der Waals surface area contributed by atoms with Gasteiger partial charge in [-0.15, -0.1) is 0 Å². The van der Waals surface area contributed by atoms with Crippen LogP contribution in [0.5, 0.6) is 17.2 Å². The molecule has 0 atom stereocenters. The van der Waals surface area contributed by atoms with E-state index in [-0.39, 0.29) is 12.3 Å². The molecule has 1 aliphatic heterocycles. The monoisotopic (exact) mass is 458 g/mol. The van der Waals surface area contributed by atoms with Gasteiger partial charge in [-0.25, -0.2) is 9.67 Å². The number of anilines is 1. The van der Waals surface area contributed by atoms with E-state index >= 15 is 0 Å². The Morgan fingerprint density at radius 1 is 1.21 bits per heavy atom. The first-order chi connectivity index (χ1) is 14.2. The molecule has 1 amide bonds. The van der Waals surface area contributed by atoms with E-state index in [1.807, 2.05) is 30.3 Å². The van der Waals surface area contributed by atoms with E-state index in [1.54, 1.807) is 17.1 Å². The summed E-state index contributed by atoms with van der Waals surface area (Å²) in [6, 6.07) is 11.0. The number of aromatic nitrogens is 3. The third kappa shape index (κ3) is 5.05. The first kappa shape index (κ1) is 19.3. The van der Waals surface area contributed by atoms with Gasteiger partial charge in [-0.1, -0.05) is 22.0 Å². The van der Waals surface area contributed by atoms with Crippen LogP contribution in [0.25, 0.3) is 0 Å². The van der Waals surface area contributed by atoms with Crippen LogP contribution in [-0.4, -0.2) is 40.5 Å². The van der Waals surface area contributed by atoms with Crippen LogP contribution >= 0.6 is 15.9 Å². The van der Waals surface area contributed by atoms with Crippen molar-refractivity contribution in [2.24, 2.45) is 0 Å². The van der Waals surface area contributed by atoms with Crippen molar-refractivity contribution in [1.82, 2.24) is 14.8 Å². The Balaban J connectivity index is 1.35.